The van der Waals surface area contributed by atoms with E-state index in [1.807, 2.05) is 24.3 Å². The molecule has 3 rings (SSSR count). The summed E-state index contributed by atoms with van der Waals surface area (Å²) in [6.07, 6.45) is 0. The lowest BCUT2D eigenvalue weighted by molar-refractivity contribution is 0.171. The molecule has 0 amide bonds. The smallest absolute Gasteiger partial charge is 0.163 e. The summed E-state index contributed by atoms with van der Waals surface area (Å²) in [7, 11) is 0. The first-order valence-corrected chi connectivity index (χ1v) is 6.58. The molecule has 0 fully saturated rings. The summed E-state index contributed by atoms with van der Waals surface area (Å²) in [4.78, 5) is 0. The lowest BCUT2D eigenvalue weighted by atomic mass is 10.1. The Kier molecular flexibility index (Phi) is 3.61. The number of fused-ring (bicyclic) bond motifs is 1. The molecule has 1 aliphatic rings. The maximum Gasteiger partial charge on any atom is 0.163 e. The fraction of sp³-hybridized carbons (Fsp3) is 0.188. The van der Waals surface area contributed by atoms with Crippen LogP contribution in [0, 0.1) is 17.1 Å². The zero-order valence-electron chi connectivity index (χ0n) is 11.2. The third kappa shape index (κ3) is 2.90. The van der Waals surface area contributed by atoms with Crippen molar-refractivity contribution < 1.29 is 13.9 Å². The van der Waals surface area contributed by atoms with Gasteiger partial charge in [0.25, 0.3) is 0 Å². The van der Waals surface area contributed by atoms with Gasteiger partial charge in [-0.3, -0.25) is 0 Å². The zero-order chi connectivity index (χ0) is 14.7. The zero-order valence-corrected chi connectivity index (χ0v) is 11.2. The summed E-state index contributed by atoms with van der Waals surface area (Å²) in [6.45, 7) is 1.41. The van der Waals surface area contributed by atoms with Gasteiger partial charge in [-0.05, 0) is 24.3 Å². The molecule has 0 spiro atoms. The van der Waals surface area contributed by atoms with Crippen molar-refractivity contribution in [2.24, 2.45) is 0 Å². The average molecular weight is 284 g/mol. The Balaban J connectivity index is 1.72. The number of nitrogens with one attached hydrogen (secondary N) is 1. The minimum Gasteiger partial charge on any atom is -0.486 e. The quantitative estimate of drug-likeness (QED) is 0.941. The molecule has 0 aromatic heterocycles. The first-order valence-electron chi connectivity index (χ1n) is 6.58. The summed E-state index contributed by atoms with van der Waals surface area (Å²) in [6, 6.07) is 11.9. The van der Waals surface area contributed by atoms with Crippen LogP contribution in [-0.2, 0) is 6.54 Å². The van der Waals surface area contributed by atoms with Crippen LogP contribution in [0.3, 0.4) is 0 Å². The molecule has 4 nitrogen and oxygen atoms in total. The molecule has 5 heteroatoms. The molecule has 2 aromatic rings. The van der Waals surface area contributed by atoms with Gasteiger partial charge in [-0.15, -0.1) is 0 Å². The largest absolute Gasteiger partial charge is 0.486 e. The van der Waals surface area contributed by atoms with Crippen LogP contribution in [0.1, 0.15) is 11.1 Å². The summed E-state index contributed by atoms with van der Waals surface area (Å²) < 4.78 is 24.7. The van der Waals surface area contributed by atoms with Crippen LogP contribution in [-0.4, -0.2) is 13.2 Å². The Morgan fingerprint density at radius 3 is 2.67 bits per heavy atom. The van der Waals surface area contributed by atoms with Gasteiger partial charge in [0.05, 0.1) is 11.6 Å². The first kappa shape index (κ1) is 13.3. The number of anilines is 1. The highest BCUT2D eigenvalue weighted by atomic mass is 19.1. The number of nitrogens with zero attached hydrogens (tertiary/aromatic N) is 1. The summed E-state index contributed by atoms with van der Waals surface area (Å²) in [5.41, 5.74) is 1.64. The van der Waals surface area contributed by atoms with Crippen molar-refractivity contribution >= 4 is 5.69 Å². The van der Waals surface area contributed by atoms with Crippen LogP contribution in [0.5, 0.6) is 11.5 Å². The van der Waals surface area contributed by atoms with Crippen molar-refractivity contribution in [3.8, 4) is 17.6 Å². The van der Waals surface area contributed by atoms with Crippen LogP contribution < -0.4 is 14.8 Å². The second-order valence-corrected chi connectivity index (χ2v) is 4.63. The van der Waals surface area contributed by atoms with Crippen LogP contribution in [0.2, 0.25) is 0 Å². The summed E-state index contributed by atoms with van der Waals surface area (Å²) in [5.74, 6) is 1.02. The number of benzene rings is 2. The maximum absolute atomic E-state index is 13.8. The van der Waals surface area contributed by atoms with Gasteiger partial charge >= 0.3 is 0 Å². The van der Waals surface area contributed by atoms with Crippen molar-refractivity contribution in [1.29, 1.82) is 5.26 Å². The second-order valence-electron chi connectivity index (χ2n) is 4.63. The van der Waals surface area contributed by atoms with Gasteiger partial charge < -0.3 is 14.8 Å². The average Bonchev–Trinajstić information content (AvgIpc) is 2.53. The number of hydrogen-bond acceptors (Lipinski definition) is 4. The first-order chi connectivity index (χ1) is 10.3. The molecule has 0 saturated heterocycles. The third-order valence-electron chi connectivity index (χ3n) is 3.21. The fourth-order valence-corrected chi connectivity index (χ4v) is 2.11. The summed E-state index contributed by atoms with van der Waals surface area (Å²) in [5, 5.41) is 11.8. The SMILES string of the molecule is N#Cc1ccc(CNc2ccc3c(c2)OCCO3)c(F)c1. The van der Waals surface area contributed by atoms with Crippen LogP contribution in [0.15, 0.2) is 36.4 Å². The molecule has 106 valence electrons. The van der Waals surface area contributed by atoms with Gasteiger partial charge in [0.1, 0.15) is 19.0 Å². The van der Waals surface area contributed by atoms with E-state index in [1.165, 1.54) is 6.07 Å². The molecule has 0 unspecified atom stereocenters. The maximum atomic E-state index is 13.8. The van der Waals surface area contributed by atoms with Crippen molar-refractivity contribution in [3.63, 3.8) is 0 Å². The Morgan fingerprint density at radius 1 is 1.10 bits per heavy atom. The number of rotatable bonds is 3. The van der Waals surface area contributed by atoms with Gasteiger partial charge in [0.2, 0.25) is 0 Å². The molecule has 1 aliphatic heterocycles. The van der Waals surface area contributed by atoms with Gasteiger partial charge in [-0.2, -0.15) is 5.26 Å². The Labute approximate surface area is 121 Å². The van der Waals surface area contributed by atoms with Crippen molar-refractivity contribution in [2.75, 3.05) is 18.5 Å². The standard InChI is InChI=1S/C16H13FN2O2/c17-14-7-11(9-18)1-2-12(14)10-19-13-3-4-15-16(8-13)21-6-5-20-15/h1-4,7-8,19H,5-6,10H2. The lowest BCUT2D eigenvalue weighted by Crippen LogP contribution is -2.15. The molecule has 21 heavy (non-hydrogen) atoms. The van der Waals surface area contributed by atoms with Gasteiger partial charge in [0.15, 0.2) is 11.5 Å². The van der Waals surface area contributed by atoms with E-state index in [1.54, 1.807) is 12.1 Å². The van der Waals surface area contributed by atoms with Crippen molar-refractivity contribution in [2.45, 2.75) is 6.54 Å². The van der Waals surface area contributed by atoms with E-state index in [2.05, 4.69) is 5.32 Å². The van der Waals surface area contributed by atoms with Gasteiger partial charge in [0, 0.05) is 23.9 Å². The van der Waals surface area contributed by atoms with Crippen LogP contribution in [0.4, 0.5) is 10.1 Å². The molecule has 0 radical (unpaired) electrons. The molecule has 0 saturated carbocycles. The molecular formula is C16H13FN2O2. The van der Waals surface area contributed by atoms with E-state index >= 15 is 0 Å². The highest BCUT2D eigenvalue weighted by molar-refractivity contribution is 5.55. The molecule has 2 aromatic carbocycles. The predicted molar refractivity (Wildman–Crippen MR) is 75.9 cm³/mol. The molecule has 1 N–H and O–H groups in total. The normalized spacial score (nSPS) is 12.6. The van der Waals surface area contributed by atoms with E-state index in [0.717, 1.165) is 11.4 Å². The minimum absolute atomic E-state index is 0.315. The monoisotopic (exact) mass is 284 g/mol. The molecule has 1 heterocycles. The lowest BCUT2D eigenvalue weighted by Gasteiger charge is -2.19. The summed E-state index contributed by atoms with van der Waals surface area (Å²) >= 11 is 0. The second kappa shape index (κ2) is 5.71. The van der Waals surface area contributed by atoms with Crippen LogP contribution in [0.25, 0.3) is 0 Å². The molecule has 0 aliphatic carbocycles. The number of ether oxygens (including phenoxy) is 2. The topological polar surface area (TPSA) is 54.3 Å². The van der Waals surface area contributed by atoms with E-state index in [9.17, 15) is 4.39 Å². The molecule has 0 atom stereocenters. The van der Waals surface area contributed by atoms with Gasteiger partial charge in [-0.1, -0.05) is 6.07 Å². The van der Waals surface area contributed by atoms with E-state index in [-0.39, 0.29) is 5.82 Å². The van der Waals surface area contributed by atoms with Crippen molar-refractivity contribution in [3.05, 3.63) is 53.3 Å². The number of nitriles is 1. The third-order valence-corrected chi connectivity index (χ3v) is 3.21. The van der Waals surface area contributed by atoms with E-state index < -0.39 is 0 Å². The molecular weight excluding hydrogens is 271 g/mol. The Bertz CT molecular complexity index is 710. The van der Waals surface area contributed by atoms with E-state index in [0.29, 0.717) is 36.6 Å². The van der Waals surface area contributed by atoms with Gasteiger partial charge in [-0.25, -0.2) is 4.39 Å². The highest BCUT2D eigenvalue weighted by Gasteiger charge is 2.11. The number of hydrogen-bond donors (Lipinski definition) is 1. The van der Waals surface area contributed by atoms with Crippen molar-refractivity contribution in [1.82, 2.24) is 0 Å². The molecule has 0 bridgehead atoms. The Morgan fingerprint density at radius 2 is 1.90 bits per heavy atom. The minimum atomic E-state index is -0.390. The Hall–Kier alpha value is -2.74. The number of halogens is 1. The highest BCUT2D eigenvalue weighted by Crippen LogP contribution is 2.32. The van der Waals surface area contributed by atoms with E-state index in [4.69, 9.17) is 14.7 Å². The fourth-order valence-electron chi connectivity index (χ4n) is 2.11. The predicted octanol–water partition coefficient (Wildman–Crippen LogP) is 3.08. The van der Waals surface area contributed by atoms with Crippen LogP contribution >= 0.6 is 0 Å².